The molecule has 1 aliphatic carbocycles. The van der Waals surface area contributed by atoms with E-state index in [4.69, 9.17) is 4.74 Å². The second-order valence-electron chi connectivity index (χ2n) is 6.13. The molecular weight excluding hydrogens is 278 g/mol. The molecule has 0 spiro atoms. The Balaban J connectivity index is 1.64. The molecule has 0 unspecified atom stereocenters. The van der Waals surface area contributed by atoms with Gasteiger partial charge >= 0.3 is 0 Å². The van der Waals surface area contributed by atoms with Crippen LogP contribution in [0.15, 0.2) is 18.3 Å². The van der Waals surface area contributed by atoms with Crippen LogP contribution in [0.1, 0.15) is 43.0 Å². The van der Waals surface area contributed by atoms with Gasteiger partial charge in [-0.3, -0.25) is 4.79 Å². The average Bonchev–Trinajstić information content (AvgIpc) is 2.76. The summed E-state index contributed by atoms with van der Waals surface area (Å²) < 4.78 is 5.80. The first-order chi connectivity index (χ1) is 10.8. The summed E-state index contributed by atoms with van der Waals surface area (Å²) in [6, 6.07) is 3.58. The molecule has 1 saturated heterocycles. The second-order valence-corrected chi connectivity index (χ2v) is 6.13. The maximum absolute atomic E-state index is 12.7. The molecule has 1 aromatic heterocycles. The highest BCUT2D eigenvalue weighted by Gasteiger charge is 2.22. The highest BCUT2D eigenvalue weighted by molar-refractivity contribution is 5.94. The van der Waals surface area contributed by atoms with Crippen LogP contribution in [-0.2, 0) is 0 Å². The Morgan fingerprint density at radius 3 is 2.86 bits per heavy atom. The van der Waals surface area contributed by atoms with Gasteiger partial charge in [-0.1, -0.05) is 6.92 Å². The number of pyridine rings is 1. The Morgan fingerprint density at radius 2 is 2.14 bits per heavy atom. The smallest absolute Gasteiger partial charge is 0.254 e. The lowest BCUT2D eigenvalue weighted by atomic mass is 9.96. The summed E-state index contributed by atoms with van der Waals surface area (Å²) in [5.74, 6) is 0.680. The van der Waals surface area contributed by atoms with Crippen molar-refractivity contribution < 1.29 is 9.53 Å². The molecule has 1 aliphatic heterocycles. The van der Waals surface area contributed by atoms with Gasteiger partial charge in [0.1, 0.15) is 6.10 Å². The van der Waals surface area contributed by atoms with Gasteiger partial charge in [-0.2, -0.15) is 0 Å². The van der Waals surface area contributed by atoms with Crippen molar-refractivity contribution in [3.8, 4) is 5.88 Å². The summed E-state index contributed by atoms with van der Waals surface area (Å²) in [4.78, 5) is 21.3. The van der Waals surface area contributed by atoms with Gasteiger partial charge in [0.25, 0.3) is 5.91 Å². The number of nitrogens with zero attached hydrogens (tertiary/aromatic N) is 3. The first kappa shape index (κ1) is 15.3. The fourth-order valence-corrected chi connectivity index (χ4v) is 2.94. The number of ether oxygens (including phenoxy) is 1. The van der Waals surface area contributed by atoms with Gasteiger partial charge < -0.3 is 14.5 Å². The summed E-state index contributed by atoms with van der Waals surface area (Å²) in [6.45, 7) is 6.89. The van der Waals surface area contributed by atoms with E-state index in [2.05, 4.69) is 16.8 Å². The third-order valence-corrected chi connectivity index (χ3v) is 4.64. The van der Waals surface area contributed by atoms with Crippen LogP contribution in [0.2, 0.25) is 0 Å². The number of aromatic nitrogens is 1. The van der Waals surface area contributed by atoms with E-state index in [1.165, 1.54) is 6.42 Å². The molecule has 2 aliphatic rings. The van der Waals surface area contributed by atoms with Crippen molar-refractivity contribution in [2.45, 2.75) is 38.7 Å². The highest BCUT2D eigenvalue weighted by atomic mass is 16.5. The fourth-order valence-electron chi connectivity index (χ4n) is 2.94. The number of carbonyl (C=O) groups excluding carboxylic acids is 1. The molecule has 1 aromatic rings. The van der Waals surface area contributed by atoms with Crippen LogP contribution in [0.4, 0.5) is 0 Å². The Kier molecular flexibility index (Phi) is 4.93. The average molecular weight is 303 g/mol. The van der Waals surface area contributed by atoms with Gasteiger partial charge in [-0.05, 0) is 44.8 Å². The molecule has 3 rings (SSSR count). The summed E-state index contributed by atoms with van der Waals surface area (Å²) >= 11 is 0. The second kappa shape index (κ2) is 7.09. The lowest BCUT2D eigenvalue weighted by Gasteiger charge is -2.26. The van der Waals surface area contributed by atoms with Crippen LogP contribution in [-0.4, -0.2) is 59.5 Å². The van der Waals surface area contributed by atoms with Crippen molar-refractivity contribution in [2.75, 3.05) is 32.7 Å². The molecule has 2 fully saturated rings. The van der Waals surface area contributed by atoms with E-state index >= 15 is 0 Å². The zero-order valence-electron chi connectivity index (χ0n) is 13.3. The predicted octanol–water partition coefficient (Wildman–Crippen LogP) is 2.18. The third kappa shape index (κ3) is 3.58. The number of likely N-dealkylation sites (N-methyl/N-ethyl adjacent to an activating group) is 1. The zero-order chi connectivity index (χ0) is 15.4. The molecular formula is C17H25N3O2. The van der Waals surface area contributed by atoms with Crippen LogP contribution in [0.3, 0.4) is 0 Å². The van der Waals surface area contributed by atoms with Crippen molar-refractivity contribution in [3.05, 3.63) is 23.9 Å². The Labute approximate surface area is 132 Å². The van der Waals surface area contributed by atoms with Gasteiger partial charge in [0.15, 0.2) is 0 Å². The SMILES string of the molecule is CCN1CCCN(C(=O)c2ccnc(OC3CCC3)c2)CC1. The van der Waals surface area contributed by atoms with Crippen LogP contribution >= 0.6 is 0 Å². The van der Waals surface area contributed by atoms with Gasteiger partial charge in [-0.15, -0.1) is 0 Å². The Bertz CT molecular complexity index is 516. The topological polar surface area (TPSA) is 45.7 Å². The van der Waals surface area contributed by atoms with E-state index in [0.717, 1.165) is 52.0 Å². The van der Waals surface area contributed by atoms with Gasteiger partial charge in [0.05, 0.1) is 0 Å². The molecule has 2 heterocycles. The Morgan fingerprint density at radius 1 is 1.27 bits per heavy atom. The minimum Gasteiger partial charge on any atom is -0.474 e. The molecule has 5 nitrogen and oxygen atoms in total. The van der Waals surface area contributed by atoms with E-state index in [-0.39, 0.29) is 12.0 Å². The lowest BCUT2D eigenvalue weighted by molar-refractivity contribution is 0.0758. The monoisotopic (exact) mass is 303 g/mol. The highest BCUT2D eigenvalue weighted by Crippen LogP contribution is 2.24. The summed E-state index contributed by atoms with van der Waals surface area (Å²) in [6.07, 6.45) is 6.42. The molecule has 0 aromatic carbocycles. The normalized spacial score (nSPS) is 20.3. The van der Waals surface area contributed by atoms with E-state index in [0.29, 0.717) is 11.4 Å². The molecule has 1 saturated carbocycles. The van der Waals surface area contributed by atoms with Gasteiger partial charge in [0, 0.05) is 37.5 Å². The maximum Gasteiger partial charge on any atom is 0.254 e. The van der Waals surface area contributed by atoms with Gasteiger partial charge in [-0.25, -0.2) is 4.98 Å². The molecule has 120 valence electrons. The number of hydrogen-bond donors (Lipinski definition) is 0. The standard InChI is InChI=1S/C17H25N3O2/c1-2-19-9-4-10-20(12-11-19)17(21)14-7-8-18-16(13-14)22-15-5-3-6-15/h7-8,13,15H,2-6,9-12H2,1H3. The van der Waals surface area contributed by atoms with E-state index in [1.54, 1.807) is 18.3 Å². The van der Waals surface area contributed by atoms with Crippen LogP contribution < -0.4 is 4.74 Å². The van der Waals surface area contributed by atoms with E-state index < -0.39 is 0 Å². The summed E-state index contributed by atoms with van der Waals surface area (Å²) in [7, 11) is 0. The summed E-state index contributed by atoms with van der Waals surface area (Å²) in [5.41, 5.74) is 0.689. The maximum atomic E-state index is 12.7. The quantitative estimate of drug-likeness (QED) is 0.855. The van der Waals surface area contributed by atoms with E-state index in [9.17, 15) is 4.79 Å². The zero-order valence-corrected chi connectivity index (χ0v) is 13.3. The molecule has 0 atom stereocenters. The molecule has 0 radical (unpaired) electrons. The van der Waals surface area contributed by atoms with Crippen molar-refractivity contribution >= 4 is 5.91 Å². The van der Waals surface area contributed by atoms with Crippen LogP contribution in [0.5, 0.6) is 5.88 Å². The molecule has 0 bridgehead atoms. The first-order valence-corrected chi connectivity index (χ1v) is 8.40. The van der Waals surface area contributed by atoms with Gasteiger partial charge in [0.2, 0.25) is 5.88 Å². The van der Waals surface area contributed by atoms with E-state index in [1.807, 2.05) is 4.90 Å². The number of rotatable bonds is 4. The third-order valence-electron chi connectivity index (χ3n) is 4.64. The fraction of sp³-hybridized carbons (Fsp3) is 0.647. The van der Waals surface area contributed by atoms with Crippen LogP contribution in [0.25, 0.3) is 0 Å². The first-order valence-electron chi connectivity index (χ1n) is 8.40. The molecule has 0 N–H and O–H groups in total. The molecule has 5 heteroatoms. The lowest BCUT2D eigenvalue weighted by Crippen LogP contribution is -2.35. The minimum atomic E-state index is 0.0961. The molecule has 1 amide bonds. The summed E-state index contributed by atoms with van der Waals surface area (Å²) in [5, 5.41) is 0. The van der Waals surface area contributed by atoms with Crippen LogP contribution in [0, 0.1) is 0 Å². The molecule has 22 heavy (non-hydrogen) atoms. The van der Waals surface area contributed by atoms with Crippen molar-refractivity contribution in [2.24, 2.45) is 0 Å². The number of amides is 1. The van der Waals surface area contributed by atoms with Crippen molar-refractivity contribution in [3.63, 3.8) is 0 Å². The number of carbonyl (C=O) groups is 1. The van der Waals surface area contributed by atoms with Crippen molar-refractivity contribution in [1.82, 2.24) is 14.8 Å². The number of hydrogen-bond acceptors (Lipinski definition) is 4. The van der Waals surface area contributed by atoms with Crippen molar-refractivity contribution in [1.29, 1.82) is 0 Å². The Hall–Kier alpha value is -1.62. The predicted molar refractivity (Wildman–Crippen MR) is 85.1 cm³/mol. The minimum absolute atomic E-state index is 0.0961. The largest absolute Gasteiger partial charge is 0.474 e.